The van der Waals surface area contributed by atoms with Gasteiger partial charge in [-0.15, -0.1) is 0 Å². The molecule has 3 rings (SSSR count). The van der Waals surface area contributed by atoms with E-state index in [1.807, 2.05) is 11.0 Å². The van der Waals surface area contributed by atoms with Crippen LogP contribution in [-0.4, -0.2) is 42.1 Å². The molecule has 1 N–H and O–H groups in total. The summed E-state index contributed by atoms with van der Waals surface area (Å²) in [4.78, 5) is 19.9. The Hall–Kier alpha value is -3.28. The maximum Gasteiger partial charge on any atom is 0.417 e. The van der Waals surface area contributed by atoms with E-state index in [1.54, 1.807) is 29.2 Å². The van der Waals surface area contributed by atoms with Gasteiger partial charge in [0.1, 0.15) is 5.82 Å². The summed E-state index contributed by atoms with van der Waals surface area (Å²) in [5.74, 6) is 0.461. The fourth-order valence-corrected chi connectivity index (χ4v) is 2.92. The van der Waals surface area contributed by atoms with Gasteiger partial charge in [-0.3, -0.25) is 0 Å². The van der Waals surface area contributed by atoms with Gasteiger partial charge in [0.05, 0.1) is 17.2 Å². The standard InChI is InChI=1S/C19H18F3N5O/c20-19(21,22)15-4-7-17(24-13-15)26-8-1-9-27(11-10-26)18(28)25-16-5-2-14(12-23)3-6-16/h2-7,13H,1,8-11H2,(H,25,28). The fraction of sp³-hybridized carbons (Fsp3) is 0.316. The Labute approximate surface area is 160 Å². The number of rotatable bonds is 2. The fourth-order valence-electron chi connectivity index (χ4n) is 2.92. The van der Waals surface area contributed by atoms with Crippen LogP contribution in [0.25, 0.3) is 0 Å². The number of aromatic nitrogens is 1. The van der Waals surface area contributed by atoms with E-state index in [-0.39, 0.29) is 6.03 Å². The van der Waals surface area contributed by atoms with Crippen LogP contribution in [0.15, 0.2) is 42.6 Å². The third-order valence-electron chi connectivity index (χ3n) is 4.45. The van der Waals surface area contributed by atoms with E-state index in [1.165, 1.54) is 6.07 Å². The molecule has 0 unspecified atom stereocenters. The molecule has 0 aliphatic carbocycles. The SMILES string of the molecule is N#Cc1ccc(NC(=O)N2CCCN(c3ccc(C(F)(F)F)cn3)CC2)cc1. The van der Waals surface area contributed by atoms with Gasteiger partial charge in [0.25, 0.3) is 0 Å². The maximum absolute atomic E-state index is 12.7. The molecule has 1 aliphatic heterocycles. The largest absolute Gasteiger partial charge is 0.417 e. The number of alkyl halides is 3. The summed E-state index contributed by atoms with van der Waals surface area (Å²) in [6.45, 7) is 2.02. The molecular weight excluding hydrogens is 371 g/mol. The van der Waals surface area contributed by atoms with E-state index < -0.39 is 11.7 Å². The van der Waals surface area contributed by atoms with Crippen molar-refractivity contribution in [2.24, 2.45) is 0 Å². The first kappa shape index (κ1) is 19.5. The summed E-state index contributed by atoms with van der Waals surface area (Å²) in [5, 5.41) is 11.6. The van der Waals surface area contributed by atoms with Crippen molar-refractivity contribution in [3.8, 4) is 6.07 Å². The molecule has 1 saturated heterocycles. The highest BCUT2D eigenvalue weighted by molar-refractivity contribution is 5.89. The number of nitrogens with zero attached hydrogens (tertiary/aromatic N) is 4. The number of pyridine rings is 1. The summed E-state index contributed by atoms with van der Waals surface area (Å²) < 4.78 is 38.0. The predicted octanol–water partition coefficient (Wildman–Crippen LogP) is 3.72. The molecule has 9 heteroatoms. The topological polar surface area (TPSA) is 72.3 Å². The molecule has 0 saturated carbocycles. The molecule has 1 aromatic carbocycles. The lowest BCUT2D eigenvalue weighted by atomic mass is 10.2. The van der Waals surface area contributed by atoms with Crippen molar-refractivity contribution < 1.29 is 18.0 Å². The summed E-state index contributed by atoms with van der Waals surface area (Å²) in [5.41, 5.74) is 0.316. The summed E-state index contributed by atoms with van der Waals surface area (Å²) >= 11 is 0. The first-order valence-corrected chi connectivity index (χ1v) is 8.71. The first-order chi connectivity index (χ1) is 13.4. The van der Waals surface area contributed by atoms with Gasteiger partial charge in [-0.25, -0.2) is 9.78 Å². The lowest BCUT2D eigenvalue weighted by molar-refractivity contribution is -0.137. The molecule has 0 atom stereocenters. The van der Waals surface area contributed by atoms with Crippen LogP contribution in [0.1, 0.15) is 17.5 Å². The second kappa shape index (κ2) is 8.17. The molecule has 2 aromatic rings. The second-order valence-corrected chi connectivity index (χ2v) is 6.35. The molecule has 1 aromatic heterocycles. The van der Waals surface area contributed by atoms with Crippen LogP contribution < -0.4 is 10.2 Å². The van der Waals surface area contributed by atoms with Crippen molar-refractivity contribution in [2.75, 3.05) is 36.4 Å². The minimum Gasteiger partial charge on any atom is -0.355 e. The van der Waals surface area contributed by atoms with Gasteiger partial charge in [-0.1, -0.05) is 0 Å². The number of benzene rings is 1. The molecule has 28 heavy (non-hydrogen) atoms. The van der Waals surface area contributed by atoms with Crippen LogP contribution in [-0.2, 0) is 6.18 Å². The molecule has 0 bridgehead atoms. The third-order valence-corrected chi connectivity index (χ3v) is 4.45. The second-order valence-electron chi connectivity index (χ2n) is 6.35. The van der Waals surface area contributed by atoms with E-state index in [9.17, 15) is 18.0 Å². The van der Waals surface area contributed by atoms with Gasteiger partial charge in [0.2, 0.25) is 0 Å². The van der Waals surface area contributed by atoms with E-state index in [4.69, 9.17) is 5.26 Å². The zero-order valence-corrected chi connectivity index (χ0v) is 14.9. The monoisotopic (exact) mass is 389 g/mol. The van der Waals surface area contributed by atoms with Gasteiger partial charge < -0.3 is 15.1 Å². The Bertz CT molecular complexity index is 859. The Morgan fingerprint density at radius 3 is 2.43 bits per heavy atom. The number of nitrogens with one attached hydrogen (secondary N) is 1. The number of carbonyl (C=O) groups excluding carboxylic acids is 1. The highest BCUT2D eigenvalue weighted by atomic mass is 19.4. The highest BCUT2D eigenvalue weighted by Gasteiger charge is 2.31. The van der Waals surface area contributed by atoms with Crippen molar-refractivity contribution in [1.29, 1.82) is 5.26 Å². The summed E-state index contributed by atoms with van der Waals surface area (Å²) in [6, 6.07) is 10.7. The van der Waals surface area contributed by atoms with Crippen LogP contribution >= 0.6 is 0 Å². The number of nitriles is 1. The Kier molecular flexibility index (Phi) is 5.68. The minimum atomic E-state index is -4.41. The Morgan fingerprint density at radius 1 is 1.07 bits per heavy atom. The number of hydrogen-bond acceptors (Lipinski definition) is 4. The van der Waals surface area contributed by atoms with Gasteiger partial charge in [-0.05, 0) is 42.8 Å². The first-order valence-electron chi connectivity index (χ1n) is 8.71. The molecule has 6 nitrogen and oxygen atoms in total. The number of urea groups is 1. The van der Waals surface area contributed by atoms with Gasteiger partial charge >= 0.3 is 12.2 Å². The van der Waals surface area contributed by atoms with Crippen LogP contribution in [0.2, 0.25) is 0 Å². The van der Waals surface area contributed by atoms with E-state index in [0.717, 1.165) is 12.3 Å². The van der Waals surface area contributed by atoms with E-state index in [0.29, 0.717) is 49.7 Å². The maximum atomic E-state index is 12.7. The number of anilines is 2. The normalized spacial score (nSPS) is 14.9. The molecule has 1 aliphatic rings. The van der Waals surface area contributed by atoms with Crippen molar-refractivity contribution >= 4 is 17.5 Å². The molecule has 0 radical (unpaired) electrons. The van der Waals surface area contributed by atoms with Crippen LogP contribution in [0.5, 0.6) is 0 Å². The number of amides is 2. The summed E-state index contributed by atoms with van der Waals surface area (Å²) in [6.07, 6.45) is -2.91. The van der Waals surface area contributed by atoms with Crippen molar-refractivity contribution in [3.63, 3.8) is 0 Å². The lowest BCUT2D eigenvalue weighted by Crippen LogP contribution is -2.38. The zero-order chi connectivity index (χ0) is 20.1. The smallest absolute Gasteiger partial charge is 0.355 e. The highest BCUT2D eigenvalue weighted by Crippen LogP contribution is 2.29. The van der Waals surface area contributed by atoms with Gasteiger partial charge in [0, 0.05) is 38.1 Å². The number of carbonyl (C=O) groups is 1. The number of halogens is 3. The average molecular weight is 389 g/mol. The van der Waals surface area contributed by atoms with Crippen molar-refractivity contribution in [1.82, 2.24) is 9.88 Å². The van der Waals surface area contributed by atoms with Gasteiger partial charge in [0.15, 0.2) is 0 Å². The average Bonchev–Trinajstić information content (AvgIpc) is 2.94. The van der Waals surface area contributed by atoms with Crippen molar-refractivity contribution in [2.45, 2.75) is 12.6 Å². The molecule has 1 fully saturated rings. The van der Waals surface area contributed by atoms with Crippen LogP contribution in [0, 0.1) is 11.3 Å². The molecule has 146 valence electrons. The zero-order valence-electron chi connectivity index (χ0n) is 14.9. The molecule has 2 heterocycles. The number of hydrogen-bond donors (Lipinski definition) is 1. The summed E-state index contributed by atoms with van der Waals surface area (Å²) in [7, 11) is 0. The quantitative estimate of drug-likeness (QED) is 0.850. The Morgan fingerprint density at radius 2 is 1.82 bits per heavy atom. The van der Waals surface area contributed by atoms with Gasteiger partial charge in [-0.2, -0.15) is 18.4 Å². The predicted molar refractivity (Wildman–Crippen MR) is 97.8 cm³/mol. The molecule has 2 amide bonds. The third kappa shape index (κ3) is 4.71. The van der Waals surface area contributed by atoms with Crippen LogP contribution in [0.4, 0.5) is 29.5 Å². The van der Waals surface area contributed by atoms with E-state index in [2.05, 4.69) is 10.3 Å². The molecular formula is C19H18F3N5O. The van der Waals surface area contributed by atoms with Crippen LogP contribution in [0.3, 0.4) is 0 Å². The minimum absolute atomic E-state index is 0.257. The Balaban J connectivity index is 1.59. The lowest BCUT2D eigenvalue weighted by Gasteiger charge is -2.23. The van der Waals surface area contributed by atoms with E-state index >= 15 is 0 Å². The molecule has 0 spiro atoms. The van der Waals surface area contributed by atoms with Crippen molar-refractivity contribution in [3.05, 3.63) is 53.7 Å².